The highest BCUT2D eigenvalue weighted by molar-refractivity contribution is 7.17. The van der Waals surface area contributed by atoms with Crippen molar-refractivity contribution in [2.24, 2.45) is 5.92 Å². The van der Waals surface area contributed by atoms with E-state index in [1.165, 1.54) is 30.6 Å². The fourth-order valence-corrected chi connectivity index (χ4v) is 4.23. The molecule has 2 aliphatic rings. The van der Waals surface area contributed by atoms with Crippen molar-refractivity contribution in [3.8, 4) is 0 Å². The SMILES string of the molecule is O=C(c1ccc(Cl)s1)N1CCCC(C2CCCN2)C1. The van der Waals surface area contributed by atoms with Crippen molar-refractivity contribution in [2.75, 3.05) is 19.6 Å². The van der Waals surface area contributed by atoms with Crippen LogP contribution in [0.1, 0.15) is 35.4 Å². The maximum atomic E-state index is 12.4. The van der Waals surface area contributed by atoms with Gasteiger partial charge in [0.15, 0.2) is 0 Å². The second-order valence-electron chi connectivity index (χ2n) is 5.46. The third-order valence-electron chi connectivity index (χ3n) is 4.20. The molecule has 0 saturated carbocycles. The Bertz CT molecular complexity index is 456. The number of nitrogens with zero attached hydrogens (tertiary/aromatic N) is 1. The molecule has 0 bridgehead atoms. The molecule has 5 heteroatoms. The zero-order valence-electron chi connectivity index (χ0n) is 10.9. The number of amides is 1. The first kappa shape index (κ1) is 13.4. The Hall–Kier alpha value is -0.580. The van der Waals surface area contributed by atoms with E-state index in [9.17, 15) is 4.79 Å². The van der Waals surface area contributed by atoms with Crippen LogP contribution >= 0.6 is 22.9 Å². The number of nitrogens with one attached hydrogen (secondary N) is 1. The zero-order chi connectivity index (χ0) is 13.2. The van der Waals surface area contributed by atoms with Gasteiger partial charge in [0.05, 0.1) is 9.21 Å². The number of hydrogen-bond acceptors (Lipinski definition) is 3. The highest BCUT2D eigenvalue weighted by Crippen LogP contribution is 2.28. The minimum atomic E-state index is 0.152. The van der Waals surface area contributed by atoms with E-state index < -0.39 is 0 Å². The molecular formula is C14H19ClN2OS. The standard InChI is InChI=1S/C14H19ClN2OS/c15-13-6-5-12(19-13)14(18)17-8-2-3-10(9-17)11-4-1-7-16-11/h5-6,10-11,16H,1-4,7-9H2. The minimum Gasteiger partial charge on any atom is -0.338 e. The van der Waals surface area contributed by atoms with Crippen molar-refractivity contribution in [3.63, 3.8) is 0 Å². The molecule has 2 saturated heterocycles. The highest BCUT2D eigenvalue weighted by Gasteiger charge is 2.31. The van der Waals surface area contributed by atoms with Gasteiger partial charge in [-0.15, -0.1) is 11.3 Å². The lowest BCUT2D eigenvalue weighted by molar-refractivity contribution is 0.0656. The summed E-state index contributed by atoms with van der Waals surface area (Å²) in [4.78, 5) is 15.2. The number of carbonyl (C=O) groups excluding carboxylic acids is 1. The van der Waals surface area contributed by atoms with Crippen LogP contribution in [-0.2, 0) is 0 Å². The second kappa shape index (κ2) is 5.81. The Morgan fingerprint density at radius 2 is 2.26 bits per heavy atom. The Balaban J connectivity index is 1.65. The lowest BCUT2D eigenvalue weighted by Gasteiger charge is -2.35. The fourth-order valence-electron chi connectivity index (χ4n) is 3.22. The zero-order valence-corrected chi connectivity index (χ0v) is 12.5. The number of thiophene rings is 1. The van der Waals surface area contributed by atoms with Gasteiger partial charge in [-0.3, -0.25) is 4.79 Å². The minimum absolute atomic E-state index is 0.152. The summed E-state index contributed by atoms with van der Waals surface area (Å²) in [5.74, 6) is 0.773. The molecule has 3 heterocycles. The molecule has 1 aromatic heterocycles. The van der Waals surface area contributed by atoms with Gasteiger partial charge in [0.25, 0.3) is 5.91 Å². The third-order valence-corrected chi connectivity index (χ3v) is 5.42. The molecule has 3 nitrogen and oxygen atoms in total. The number of hydrogen-bond donors (Lipinski definition) is 1. The van der Waals surface area contributed by atoms with E-state index in [-0.39, 0.29) is 5.91 Å². The van der Waals surface area contributed by atoms with Crippen LogP contribution in [0.3, 0.4) is 0 Å². The molecule has 0 aliphatic carbocycles. The summed E-state index contributed by atoms with van der Waals surface area (Å²) >= 11 is 7.30. The summed E-state index contributed by atoms with van der Waals surface area (Å²) in [6.45, 7) is 2.92. The van der Waals surface area contributed by atoms with Gasteiger partial charge in [0, 0.05) is 19.1 Å². The number of halogens is 1. The van der Waals surface area contributed by atoms with Crippen molar-refractivity contribution < 1.29 is 4.79 Å². The number of carbonyl (C=O) groups is 1. The van der Waals surface area contributed by atoms with Crippen LogP contribution in [0.2, 0.25) is 4.34 Å². The van der Waals surface area contributed by atoms with Gasteiger partial charge in [0.1, 0.15) is 0 Å². The lowest BCUT2D eigenvalue weighted by atomic mass is 9.89. The van der Waals surface area contributed by atoms with E-state index in [0.717, 1.165) is 30.9 Å². The van der Waals surface area contributed by atoms with Crippen molar-refractivity contribution >= 4 is 28.8 Å². The average molecular weight is 299 g/mol. The van der Waals surface area contributed by atoms with Gasteiger partial charge in [0.2, 0.25) is 0 Å². The molecular weight excluding hydrogens is 280 g/mol. The van der Waals surface area contributed by atoms with Crippen LogP contribution in [-0.4, -0.2) is 36.5 Å². The number of likely N-dealkylation sites (tertiary alicyclic amines) is 1. The van der Waals surface area contributed by atoms with E-state index in [1.54, 1.807) is 6.07 Å². The summed E-state index contributed by atoms with van der Waals surface area (Å²) in [6.07, 6.45) is 4.90. The molecule has 1 amide bonds. The van der Waals surface area contributed by atoms with Crippen LogP contribution in [0.25, 0.3) is 0 Å². The van der Waals surface area contributed by atoms with Gasteiger partial charge in [-0.1, -0.05) is 11.6 Å². The Kier molecular flexibility index (Phi) is 4.10. The van der Waals surface area contributed by atoms with Crippen LogP contribution in [0.5, 0.6) is 0 Å². The maximum absolute atomic E-state index is 12.4. The highest BCUT2D eigenvalue weighted by atomic mass is 35.5. The second-order valence-corrected chi connectivity index (χ2v) is 7.18. The Morgan fingerprint density at radius 1 is 1.37 bits per heavy atom. The average Bonchev–Trinajstić information content (AvgIpc) is 3.09. The monoisotopic (exact) mass is 298 g/mol. The molecule has 0 radical (unpaired) electrons. The first-order valence-electron chi connectivity index (χ1n) is 7.02. The summed E-state index contributed by atoms with van der Waals surface area (Å²) in [7, 11) is 0. The molecule has 2 fully saturated rings. The quantitative estimate of drug-likeness (QED) is 0.910. The summed E-state index contributed by atoms with van der Waals surface area (Å²) in [5, 5.41) is 3.57. The van der Waals surface area contributed by atoms with E-state index in [1.807, 2.05) is 11.0 Å². The molecule has 2 atom stereocenters. The molecule has 2 aliphatic heterocycles. The molecule has 3 rings (SSSR count). The van der Waals surface area contributed by atoms with Gasteiger partial charge in [-0.05, 0) is 50.3 Å². The molecule has 1 aromatic rings. The Morgan fingerprint density at radius 3 is 2.95 bits per heavy atom. The first-order chi connectivity index (χ1) is 9.24. The van der Waals surface area contributed by atoms with Gasteiger partial charge in [-0.25, -0.2) is 0 Å². The van der Waals surface area contributed by atoms with E-state index >= 15 is 0 Å². The predicted molar refractivity (Wildman–Crippen MR) is 79.0 cm³/mol. The topological polar surface area (TPSA) is 32.3 Å². The van der Waals surface area contributed by atoms with E-state index in [4.69, 9.17) is 11.6 Å². The molecule has 0 spiro atoms. The summed E-state index contributed by atoms with van der Waals surface area (Å²) in [6, 6.07) is 4.26. The van der Waals surface area contributed by atoms with Crippen LogP contribution < -0.4 is 5.32 Å². The maximum Gasteiger partial charge on any atom is 0.263 e. The molecule has 1 N–H and O–H groups in total. The van der Waals surface area contributed by atoms with Crippen LogP contribution in [0.4, 0.5) is 0 Å². The van der Waals surface area contributed by atoms with Gasteiger partial charge in [-0.2, -0.15) is 0 Å². The molecule has 0 aromatic carbocycles. The molecule has 2 unspecified atom stereocenters. The smallest absolute Gasteiger partial charge is 0.263 e. The summed E-state index contributed by atoms with van der Waals surface area (Å²) in [5.41, 5.74) is 0. The van der Waals surface area contributed by atoms with Crippen LogP contribution in [0.15, 0.2) is 12.1 Å². The van der Waals surface area contributed by atoms with Crippen molar-refractivity contribution in [1.82, 2.24) is 10.2 Å². The number of piperidine rings is 1. The summed E-state index contributed by atoms with van der Waals surface area (Å²) < 4.78 is 0.689. The fraction of sp³-hybridized carbons (Fsp3) is 0.643. The normalized spacial score (nSPS) is 27.7. The van der Waals surface area contributed by atoms with E-state index in [0.29, 0.717) is 16.3 Å². The number of rotatable bonds is 2. The van der Waals surface area contributed by atoms with Crippen molar-refractivity contribution in [1.29, 1.82) is 0 Å². The van der Waals surface area contributed by atoms with Gasteiger partial charge >= 0.3 is 0 Å². The predicted octanol–water partition coefficient (Wildman–Crippen LogP) is 3.01. The van der Waals surface area contributed by atoms with Crippen LogP contribution in [0, 0.1) is 5.92 Å². The third kappa shape index (κ3) is 2.96. The van der Waals surface area contributed by atoms with E-state index in [2.05, 4.69) is 5.32 Å². The largest absolute Gasteiger partial charge is 0.338 e. The molecule has 104 valence electrons. The first-order valence-corrected chi connectivity index (χ1v) is 8.21. The molecule has 19 heavy (non-hydrogen) atoms. The Labute approximate surface area is 122 Å². The van der Waals surface area contributed by atoms with Crippen molar-refractivity contribution in [2.45, 2.75) is 31.7 Å². The van der Waals surface area contributed by atoms with Gasteiger partial charge < -0.3 is 10.2 Å². The lowest BCUT2D eigenvalue weighted by Crippen LogP contribution is -2.45. The van der Waals surface area contributed by atoms with Crippen molar-refractivity contribution in [3.05, 3.63) is 21.3 Å².